The summed E-state index contributed by atoms with van der Waals surface area (Å²) in [5, 5.41) is 4.73. The molecule has 0 fully saturated rings. The normalized spacial score (nSPS) is 15.8. The first-order valence-corrected chi connectivity index (χ1v) is 28.8. The Morgan fingerprint density at radius 3 is 1.43 bits per heavy atom. The second-order valence-electron chi connectivity index (χ2n) is 25.6. The van der Waals surface area contributed by atoms with E-state index in [9.17, 15) is 0 Å². The molecule has 0 N–H and O–H groups in total. The van der Waals surface area contributed by atoms with Crippen molar-refractivity contribution in [2.75, 3.05) is 4.90 Å². The maximum Gasteiger partial charge on any atom is 0.143 e. The summed E-state index contributed by atoms with van der Waals surface area (Å²) in [7, 11) is 0. The number of para-hydroxylation sites is 2. The number of nitrogens with zero attached hydrogens (tertiary/aromatic N) is 1. The fourth-order valence-corrected chi connectivity index (χ4v) is 15.6. The molecule has 3 heteroatoms. The summed E-state index contributed by atoms with van der Waals surface area (Å²) in [6, 6.07) is 79.6. The third kappa shape index (κ3) is 6.14. The van der Waals surface area contributed by atoms with E-state index in [4.69, 9.17) is 8.83 Å². The molecule has 0 saturated heterocycles. The highest BCUT2D eigenvalue weighted by molar-refractivity contribution is 6.19. The second-order valence-corrected chi connectivity index (χ2v) is 25.6. The van der Waals surface area contributed by atoms with Gasteiger partial charge in [0.25, 0.3) is 0 Å². The van der Waals surface area contributed by atoms with Crippen molar-refractivity contribution in [1.82, 2.24) is 0 Å². The van der Waals surface area contributed by atoms with Crippen LogP contribution >= 0.6 is 0 Å². The van der Waals surface area contributed by atoms with Crippen LogP contribution in [0, 0.1) is 0 Å². The predicted octanol–water partition coefficient (Wildman–Crippen LogP) is 21.5. The van der Waals surface area contributed by atoms with E-state index in [0.29, 0.717) is 0 Å². The molecule has 3 nitrogen and oxygen atoms in total. The van der Waals surface area contributed by atoms with Gasteiger partial charge in [-0.1, -0.05) is 195 Å². The molecule has 0 saturated carbocycles. The Bertz CT molecular complexity index is 4920. The number of fused-ring (bicyclic) bond motifs is 20. The van der Waals surface area contributed by atoms with Crippen LogP contribution in [0.4, 0.5) is 17.1 Å². The van der Waals surface area contributed by atoms with E-state index >= 15 is 0 Å². The average molecular weight is 1040 g/mol. The number of hydrogen-bond acceptors (Lipinski definition) is 3. The molecule has 388 valence electrons. The first-order valence-electron chi connectivity index (χ1n) is 28.8. The highest BCUT2D eigenvalue weighted by atomic mass is 16.3. The molecule has 2 aromatic heterocycles. The largest absolute Gasteiger partial charge is 0.456 e. The lowest BCUT2D eigenvalue weighted by molar-refractivity contribution is 0.650. The number of rotatable bonds is 5. The van der Waals surface area contributed by atoms with E-state index in [-0.39, 0.29) is 21.7 Å². The van der Waals surface area contributed by atoms with Gasteiger partial charge in [0.15, 0.2) is 0 Å². The van der Waals surface area contributed by atoms with Gasteiger partial charge in [0, 0.05) is 65.8 Å². The molecule has 13 aromatic rings. The van der Waals surface area contributed by atoms with Gasteiger partial charge in [-0.15, -0.1) is 0 Å². The molecule has 0 unspecified atom stereocenters. The summed E-state index contributed by atoms with van der Waals surface area (Å²) in [6.45, 7) is 19.3. The molecule has 0 atom stereocenters. The van der Waals surface area contributed by atoms with E-state index in [1.807, 2.05) is 0 Å². The summed E-state index contributed by atoms with van der Waals surface area (Å²) in [5.74, 6) is 0. The van der Waals surface area contributed by atoms with Crippen LogP contribution < -0.4 is 4.90 Å². The van der Waals surface area contributed by atoms with Gasteiger partial charge in [-0.05, 0) is 179 Å². The maximum absolute atomic E-state index is 6.96. The van der Waals surface area contributed by atoms with Crippen molar-refractivity contribution in [2.45, 2.75) is 77.0 Å². The van der Waals surface area contributed by atoms with E-state index in [1.54, 1.807) is 0 Å². The Morgan fingerprint density at radius 1 is 0.272 bits per heavy atom. The highest BCUT2D eigenvalue weighted by Crippen LogP contribution is 2.61. The summed E-state index contributed by atoms with van der Waals surface area (Å²) in [6.07, 6.45) is 0. The van der Waals surface area contributed by atoms with Crippen molar-refractivity contribution in [3.63, 3.8) is 0 Å². The Balaban J connectivity index is 0.839. The molecule has 11 aromatic carbocycles. The van der Waals surface area contributed by atoms with Crippen molar-refractivity contribution in [3.05, 3.63) is 257 Å². The van der Waals surface area contributed by atoms with Crippen LogP contribution in [0.3, 0.4) is 0 Å². The smallest absolute Gasteiger partial charge is 0.143 e. The van der Waals surface area contributed by atoms with Gasteiger partial charge in [0.2, 0.25) is 0 Å². The standard InChI is InChI=1S/C78H59NO2/c1-75(2)59-23-15-12-20-50(59)51-33-30-47(38-61(51)75)79(48-31-34-52-57-42-65-58(43-64(57)77(5,6)62(52)39-48)71-60(76(65,3)4)36-37-69-72(71)54-21-13-16-24-67(54)80-69)49-32-35-53-63(40-49)78(7,8)66-41-56(46-28-26-45(27-29-46)44-18-10-9-11-19-44)74-73(70(53)66)55-22-14-17-25-68(55)81-74/h9-43H,1-8H3. The monoisotopic (exact) mass is 1040 g/mol. The van der Waals surface area contributed by atoms with E-state index in [1.165, 1.54) is 116 Å². The Labute approximate surface area is 472 Å². The molecule has 2 heterocycles. The quantitative estimate of drug-likeness (QED) is 0.172. The molecule has 0 spiro atoms. The van der Waals surface area contributed by atoms with Gasteiger partial charge in [-0.3, -0.25) is 0 Å². The second kappa shape index (κ2) is 15.8. The zero-order chi connectivity index (χ0) is 54.6. The molecule has 0 radical (unpaired) electrons. The fourth-order valence-electron chi connectivity index (χ4n) is 15.6. The van der Waals surface area contributed by atoms with Crippen LogP contribution in [0.5, 0.6) is 0 Å². The SMILES string of the molecule is CC1(C)c2ccccc2-c2ccc(N(c3ccc4c(c3)C(C)(C)c3cc5c(cc3-4)C(C)(C)c3ccc4oc6ccccc6c4c3-5)c3ccc4c(c3)C(C)(C)c3cc(-c5ccc(-c6ccccc6)cc5)c5oc6ccccc6c5c3-4)cc21. The van der Waals surface area contributed by atoms with Gasteiger partial charge >= 0.3 is 0 Å². The van der Waals surface area contributed by atoms with Crippen LogP contribution in [0.15, 0.2) is 221 Å². The van der Waals surface area contributed by atoms with Crippen LogP contribution in [0.2, 0.25) is 0 Å². The van der Waals surface area contributed by atoms with E-state index in [0.717, 1.165) is 55.9 Å². The van der Waals surface area contributed by atoms with Crippen molar-refractivity contribution in [3.8, 4) is 66.8 Å². The third-order valence-corrected chi connectivity index (χ3v) is 19.9. The molecule has 0 bridgehead atoms. The van der Waals surface area contributed by atoms with Crippen molar-refractivity contribution in [1.29, 1.82) is 0 Å². The van der Waals surface area contributed by atoms with Crippen molar-refractivity contribution >= 4 is 60.9 Å². The molecule has 17 rings (SSSR count). The summed E-state index contributed by atoms with van der Waals surface area (Å²) in [5.41, 5.74) is 32.1. The van der Waals surface area contributed by atoms with Gasteiger partial charge < -0.3 is 13.7 Å². The number of hydrogen-bond donors (Lipinski definition) is 0. The molecule has 81 heavy (non-hydrogen) atoms. The summed E-state index contributed by atoms with van der Waals surface area (Å²) >= 11 is 0. The van der Waals surface area contributed by atoms with Gasteiger partial charge in [0.05, 0.1) is 0 Å². The molecule has 4 aliphatic rings. The minimum absolute atomic E-state index is 0.170. The van der Waals surface area contributed by atoms with Gasteiger partial charge in [-0.25, -0.2) is 0 Å². The number of benzene rings is 11. The zero-order valence-corrected chi connectivity index (χ0v) is 47.0. The van der Waals surface area contributed by atoms with Crippen LogP contribution in [-0.2, 0) is 21.7 Å². The Hall–Kier alpha value is -9.18. The van der Waals surface area contributed by atoms with Gasteiger partial charge in [-0.2, -0.15) is 0 Å². The zero-order valence-electron chi connectivity index (χ0n) is 47.0. The Morgan fingerprint density at radius 2 is 0.728 bits per heavy atom. The molecule has 0 aliphatic heterocycles. The number of furan rings is 2. The lowest BCUT2D eigenvalue weighted by atomic mass is 9.79. The number of anilines is 3. The molecular weight excluding hydrogens is 983 g/mol. The summed E-state index contributed by atoms with van der Waals surface area (Å²) < 4.78 is 13.5. The average Bonchev–Trinajstić information content (AvgIpc) is 3.36. The van der Waals surface area contributed by atoms with Gasteiger partial charge in [0.1, 0.15) is 22.3 Å². The lowest BCUT2D eigenvalue weighted by Gasteiger charge is -2.31. The highest BCUT2D eigenvalue weighted by Gasteiger charge is 2.44. The van der Waals surface area contributed by atoms with E-state index in [2.05, 4.69) is 273 Å². The third-order valence-electron chi connectivity index (χ3n) is 19.9. The minimum Gasteiger partial charge on any atom is -0.456 e. The topological polar surface area (TPSA) is 29.5 Å². The molecular formula is C78H59NO2. The maximum atomic E-state index is 6.96. The summed E-state index contributed by atoms with van der Waals surface area (Å²) in [4.78, 5) is 2.54. The van der Waals surface area contributed by atoms with Crippen molar-refractivity contribution in [2.24, 2.45) is 0 Å². The minimum atomic E-state index is -0.345. The van der Waals surface area contributed by atoms with Crippen molar-refractivity contribution < 1.29 is 8.83 Å². The van der Waals surface area contributed by atoms with Crippen LogP contribution in [0.1, 0.15) is 99.9 Å². The fraction of sp³-hybridized carbons (Fsp3) is 0.154. The Kier molecular flexibility index (Phi) is 9.11. The van der Waals surface area contributed by atoms with E-state index < -0.39 is 0 Å². The molecule has 0 amide bonds. The first kappa shape index (κ1) is 46.7. The van der Waals surface area contributed by atoms with Crippen LogP contribution in [0.25, 0.3) is 111 Å². The first-order chi connectivity index (χ1) is 39.2. The van der Waals surface area contributed by atoms with Crippen LogP contribution in [-0.4, -0.2) is 0 Å². The predicted molar refractivity (Wildman–Crippen MR) is 337 cm³/mol. The lowest BCUT2D eigenvalue weighted by Crippen LogP contribution is -2.19. The molecule has 4 aliphatic carbocycles.